The average molecular weight is 395 g/mol. The number of guanidine groups is 1. The topological polar surface area (TPSA) is 47.9 Å². The highest BCUT2D eigenvalue weighted by Gasteiger charge is 2.09. The number of hydrogen-bond donors (Lipinski definition) is 1. The summed E-state index contributed by atoms with van der Waals surface area (Å²) in [6, 6.07) is 8.07. The third-order valence-corrected chi connectivity index (χ3v) is 4.01. The number of likely N-dealkylation sites (N-methyl/N-ethyl adjacent to an activating group) is 1. The number of benzene rings is 1. The van der Waals surface area contributed by atoms with E-state index in [1.54, 1.807) is 19.0 Å². The molecule has 1 aromatic rings. The smallest absolute Gasteiger partial charge is 0.241 e. The van der Waals surface area contributed by atoms with Gasteiger partial charge in [0.1, 0.15) is 0 Å². The Morgan fingerprint density at radius 1 is 1.29 bits per heavy atom. The number of nitrogens with one attached hydrogen (secondary N) is 1. The van der Waals surface area contributed by atoms with Crippen LogP contribution in [-0.4, -0.2) is 55.9 Å². The molecule has 1 N–H and O–H groups in total. The summed E-state index contributed by atoms with van der Waals surface area (Å²) in [7, 11) is 5.48. The molecule has 0 bridgehead atoms. The molecule has 6 heteroatoms. The van der Waals surface area contributed by atoms with Crippen molar-refractivity contribution in [3.05, 3.63) is 47.0 Å². The maximum absolute atomic E-state index is 11.8. The fourth-order valence-corrected chi connectivity index (χ4v) is 2.22. The number of halogens is 1. The van der Waals surface area contributed by atoms with Gasteiger partial charge in [0.25, 0.3) is 0 Å². The Balaban J connectivity index is 2.73. The lowest BCUT2D eigenvalue weighted by molar-refractivity contribution is -0.127. The first-order valence-corrected chi connectivity index (χ1v) is 8.78. The highest BCUT2D eigenvalue weighted by molar-refractivity contribution is 9.10. The average Bonchev–Trinajstić information content (AvgIpc) is 2.56. The van der Waals surface area contributed by atoms with Crippen molar-refractivity contribution in [1.82, 2.24) is 15.1 Å². The standard InChI is InChI=1S/C18H27BrN4O/c1-5-6-7-12-23(4)18(21-14-17(24)22(2)3)20-13-15-8-10-16(19)11-9-15/h5,8-11H,1,6-7,12-14H2,2-4H3,(H,20,21). The fourth-order valence-electron chi connectivity index (χ4n) is 1.96. The van der Waals surface area contributed by atoms with Gasteiger partial charge in [0, 0.05) is 32.2 Å². The van der Waals surface area contributed by atoms with Crippen LogP contribution in [0, 0.1) is 0 Å². The van der Waals surface area contributed by atoms with Gasteiger partial charge in [0.15, 0.2) is 5.96 Å². The van der Waals surface area contributed by atoms with Gasteiger partial charge in [0.05, 0.1) is 13.1 Å². The lowest BCUT2D eigenvalue weighted by Crippen LogP contribution is -2.44. The largest absolute Gasteiger partial charge is 0.347 e. The van der Waals surface area contributed by atoms with E-state index in [1.807, 2.05) is 42.3 Å². The number of allylic oxidation sites excluding steroid dienone is 1. The minimum absolute atomic E-state index is 0.0193. The van der Waals surface area contributed by atoms with Crippen molar-refractivity contribution in [2.45, 2.75) is 19.4 Å². The third kappa shape index (κ3) is 7.64. The van der Waals surface area contributed by atoms with Crippen molar-refractivity contribution in [1.29, 1.82) is 0 Å². The summed E-state index contributed by atoms with van der Waals surface area (Å²) in [5, 5.41) is 3.16. The molecule has 132 valence electrons. The second-order valence-electron chi connectivity index (χ2n) is 5.76. The van der Waals surface area contributed by atoms with E-state index in [9.17, 15) is 4.79 Å². The van der Waals surface area contributed by atoms with Crippen LogP contribution < -0.4 is 5.32 Å². The zero-order chi connectivity index (χ0) is 17.9. The van der Waals surface area contributed by atoms with E-state index >= 15 is 0 Å². The number of amides is 1. The number of hydrogen-bond acceptors (Lipinski definition) is 2. The van der Waals surface area contributed by atoms with Gasteiger partial charge in [-0.15, -0.1) is 6.58 Å². The van der Waals surface area contributed by atoms with E-state index in [0.717, 1.165) is 35.4 Å². The summed E-state index contributed by atoms with van der Waals surface area (Å²) in [5.41, 5.74) is 1.12. The second kappa shape index (κ2) is 10.9. The van der Waals surface area contributed by atoms with Gasteiger partial charge in [-0.1, -0.05) is 34.1 Å². The molecule has 0 aliphatic carbocycles. The Morgan fingerprint density at radius 2 is 1.96 bits per heavy atom. The van der Waals surface area contributed by atoms with E-state index in [1.165, 1.54) is 0 Å². The van der Waals surface area contributed by atoms with Crippen LogP contribution in [-0.2, 0) is 11.3 Å². The van der Waals surface area contributed by atoms with Crippen molar-refractivity contribution < 1.29 is 4.79 Å². The Bertz CT molecular complexity index is 555. The molecular weight excluding hydrogens is 368 g/mol. The molecule has 24 heavy (non-hydrogen) atoms. The van der Waals surface area contributed by atoms with E-state index in [4.69, 9.17) is 0 Å². The van der Waals surface area contributed by atoms with Gasteiger partial charge in [-0.2, -0.15) is 0 Å². The van der Waals surface area contributed by atoms with Crippen molar-refractivity contribution >= 4 is 27.8 Å². The molecule has 0 aromatic heterocycles. The predicted octanol–water partition coefficient (Wildman–Crippen LogP) is 2.88. The normalized spacial score (nSPS) is 11.1. The Labute approximate surface area is 153 Å². The minimum Gasteiger partial charge on any atom is -0.347 e. The molecule has 0 unspecified atom stereocenters. The molecule has 1 amide bonds. The third-order valence-electron chi connectivity index (χ3n) is 3.48. The Morgan fingerprint density at radius 3 is 2.54 bits per heavy atom. The first-order chi connectivity index (χ1) is 11.4. The molecule has 0 spiro atoms. The van der Waals surface area contributed by atoms with E-state index < -0.39 is 0 Å². The predicted molar refractivity (Wildman–Crippen MR) is 104 cm³/mol. The maximum atomic E-state index is 11.8. The van der Waals surface area contributed by atoms with Crippen LogP contribution in [0.15, 0.2) is 46.4 Å². The van der Waals surface area contributed by atoms with Crippen molar-refractivity contribution in [3.8, 4) is 0 Å². The number of carbonyl (C=O) groups excluding carboxylic acids is 1. The summed E-state index contributed by atoms with van der Waals surface area (Å²) in [6.45, 7) is 5.40. The zero-order valence-electron chi connectivity index (χ0n) is 14.8. The lowest BCUT2D eigenvalue weighted by Gasteiger charge is -2.23. The van der Waals surface area contributed by atoms with Gasteiger partial charge < -0.3 is 15.1 Å². The highest BCUT2D eigenvalue weighted by atomic mass is 79.9. The summed E-state index contributed by atoms with van der Waals surface area (Å²) in [6.07, 6.45) is 3.87. The molecule has 0 heterocycles. The number of nitrogens with zero attached hydrogens (tertiary/aromatic N) is 3. The molecule has 1 rings (SSSR count). The van der Waals surface area contributed by atoms with Crippen molar-refractivity contribution in [3.63, 3.8) is 0 Å². The number of carbonyl (C=O) groups is 1. The molecule has 1 aromatic carbocycles. The lowest BCUT2D eigenvalue weighted by atomic mass is 10.2. The summed E-state index contributed by atoms with van der Waals surface area (Å²) >= 11 is 3.43. The molecule has 0 aliphatic heterocycles. The number of rotatable bonds is 8. The SMILES string of the molecule is C=CCCCN(C)C(=NCc1ccc(Br)cc1)NCC(=O)N(C)C. The molecule has 0 fully saturated rings. The number of unbranched alkanes of at least 4 members (excludes halogenated alkanes) is 1. The van der Waals surface area contributed by atoms with Crippen LogP contribution in [0.5, 0.6) is 0 Å². The molecule has 0 saturated carbocycles. The fraction of sp³-hybridized carbons (Fsp3) is 0.444. The second-order valence-corrected chi connectivity index (χ2v) is 6.68. The van der Waals surface area contributed by atoms with Crippen molar-refractivity contribution in [2.24, 2.45) is 4.99 Å². The first kappa shape index (κ1) is 20.2. The number of aliphatic imine (C=N–C) groups is 1. The molecule has 0 saturated heterocycles. The van der Waals surface area contributed by atoms with Crippen LogP contribution >= 0.6 is 15.9 Å². The van der Waals surface area contributed by atoms with Gasteiger partial charge in [-0.25, -0.2) is 4.99 Å². The molecule has 5 nitrogen and oxygen atoms in total. The molecular formula is C18H27BrN4O. The van der Waals surface area contributed by atoms with Gasteiger partial charge in [-0.05, 0) is 30.5 Å². The Kier molecular flexibility index (Phi) is 9.15. The van der Waals surface area contributed by atoms with Gasteiger partial charge in [-0.3, -0.25) is 4.79 Å². The zero-order valence-corrected chi connectivity index (χ0v) is 16.3. The Hall–Kier alpha value is -1.82. The van der Waals surface area contributed by atoms with Crippen LogP contribution in [0.3, 0.4) is 0 Å². The first-order valence-electron chi connectivity index (χ1n) is 7.99. The summed E-state index contributed by atoms with van der Waals surface area (Å²) in [5.74, 6) is 0.753. The monoisotopic (exact) mass is 394 g/mol. The van der Waals surface area contributed by atoms with E-state index in [0.29, 0.717) is 6.54 Å². The molecule has 0 aliphatic rings. The van der Waals surface area contributed by atoms with E-state index in [2.05, 4.69) is 32.8 Å². The summed E-state index contributed by atoms with van der Waals surface area (Å²) < 4.78 is 1.05. The van der Waals surface area contributed by atoms with E-state index in [-0.39, 0.29) is 12.5 Å². The van der Waals surface area contributed by atoms with Gasteiger partial charge in [0.2, 0.25) is 5.91 Å². The quantitative estimate of drug-likeness (QED) is 0.319. The minimum atomic E-state index is 0.0193. The molecule has 0 radical (unpaired) electrons. The maximum Gasteiger partial charge on any atom is 0.241 e. The van der Waals surface area contributed by atoms with Crippen LogP contribution in [0.2, 0.25) is 0 Å². The summed E-state index contributed by atoms with van der Waals surface area (Å²) in [4.78, 5) is 20.1. The van der Waals surface area contributed by atoms with Crippen molar-refractivity contribution in [2.75, 3.05) is 34.2 Å². The van der Waals surface area contributed by atoms with Crippen LogP contribution in [0.1, 0.15) is 18.4 Å². The molecule has 0 atom stereocenters. The van der Waals surface area contributed by atoms with Crippen LogP contribution in [0.4, 0.5) is 0 Å². The van der Waals surface area contributed by atoms with Gasteiger partial charge >= 0.3 is 0 Å². The highest BCUT2D eigenvalue weighted by Crippen LogP contribution is 2.11. The van der Waals surface area contributed by atoms with Crippen LogP contribution in [0.25, 0.3) is 0 Å².